The van der Waals surface area contributed by atoms with Crippen LogP contribution in [0.4, 0.5) is 10.1 Å². The van der Waals surface area contributed by atoms with Crippen molar-refractivity contribution in [3.05, 3.63) is 65.0 Å². The first-order valence-electron chi connectivity index (χ1n) is 6.09. The molecule has 0 aliphatic heterocycles. The van der Waals surface area contributed by atoms with Crippen molar-refractivity contribution >= 4 is 17.6 Å². The first kappa shape index (κ1) is 14.5. The summed E-state index contributed by atoms with van der Waals surface area (Å²) < 4.78 is 18.3. The molecule has 0 spiro atoms. The molecule has 2 rings (SSSR count). The zero-order chi connectivity index (χ0) is 15.4. The second kappa shape index (κ2) is 6.04. The third-order valence-corrected chi connectivity index (χ3v) is 2.88. The first-order valence-corrected chi connectivity index (χ1v) is 6.09. The SMILES string of the molecule is NC(=O)c1ccccc1COC(=O)c1ccc(N)c(F)c1. The van der Waals surface area contributed by atoms with E-state index < -0.39 is 17.7 Å². The molecule has 0 aromatic heterocycles. The fraction of sp³-hybridized carbons (Fsp3) is 0.0667. The molecule has 21 heavy (non-hydrogen) atoms. The summed E-state index contributed by atoms with van der Waals surface area (Å²) in [5, 5.41) is 0. The topological polar surface area (TPSA) is 95.4 Å². The lowest BCUT2D eigenvalue weighted by molar-refractivity contribution is 0.0470. The van der Waals surface area contributed by atoms with Gasteiger partial charge in [-0.1, -0.05) is 18.2 Å². The molecule has 0 saturated carbocycles. The lowest BCUT2D eigenvalue weighted by Gasteiger charge is -2.08. The van der Waals surface area contributed by atoms with E-state index in [1.165, 1.54) is 18.2 Å². The summed E-state index contributed by atoms with van der Waals surface area (Å²) in [7, 11) is 0. The Morgan fingerprint density at radius 1 is 1.14 bits per heavy atom. The summed E-state index contributed by atoms with van der Waals surface area (Å²) in [5.41, 5.74) is 11.3. The summed E-state index contributed by atoms with van der Waals surface area (Å²) in [6.45, 7) is -0.135. The van der Waals surface area contributed by atoms with Crippen LogP contribution in [0.25, 0.3) is 0 Å². The van der Waals surface area contributed by atoms with E-state index in [-0.39, 0.29) is 23.4 Å². The van der Waals surface area contributed by atoms with Gasteiger partial charge in [-0.3, -0.25) is 4.79 Å². The summed E-state index contributed by atoms with van der Waals surface area (Å²) in [6, 6.07) is 10.1. The van der Waals surface area contributed by atoms with Gasteiger partial charge in [-0.05, 0) is 24.3 Å². The maximum atomic E-state index is 13.3. The van der Waals surface area contributed by atoms with Gasteiger partial charge in [0.15, 0.2) is 0 Å². The van der Waals surface area contributed by atoms with Gasteiger partial charge in [0.2, 0.25) is 5.91 Å². The minimum atomic E-state index is -0.715. The Morgan fingerprint density at radius 3 is 2.52 bits per heavy atom. The van der Waals surface area contributed by atoms with Gasteiger partial charge in [0.05, 0.1) is 11.3 Å². The summed E-state index contributed by atoms with van der Waals surface area (Å²) in [6.07, 6.45) is 0. The second-order valence-corrected chi connectivity index (χ2v) is 4.33. The van der Waals surface area contributed by atoms with E-state index in [2.05, 4.69) is 0 Å². The Morgan fingerprint density at radius 2 is 1.86 bits per heavy atom. The number of ether oxygens (including phenoxy) is 1. The van der Waals surface area contributed by atoms with Crippen molar-refractivity contribution in [2.45, 2.75) is 6.61 Å². The number of hydrogen-bond acceptors (Lipinski definition) is 4. The maximum absolute atomic E-state index is 13.3. The van der Waals surface area contributed by atoms with E-state index in [1.807, 2.05) is 0 Å². The number of esters is 1. The van der Waals surface area contributed by atoms with Crippen molar-refractivity contribution in [3.8, 4) is 0 Å². The standard InChI is InChI=1S/C15H13FN2O3/c16-12-7-9(5-6-13(12)17)15(20)21-8-10-3-1-2-4-11(10)14(18)19/h1-7H,8,17H2,(H2,18,19). The number of primary amides is 1. The van der Waals surface area contributed by atoms with Crippen LogP contribution >= 0.6 is 0 Å². The third-order valence-electron chi connectivity index (χ3n) is 2.88. The maximum Gasteiger partial charge on any atom is 0.338 e. The largest absolute Gasteiger partial charge is 0.457 e. The molecule has 2 aromatic carbocycles. The number of amides is 1. The van der Waals surface area contributed by atoms with E-state index in [1.54, 1.807) is 18.2 Å². The van der Waals surface area contributed by atoms with Crippen molar-refractivity contribution in [2.24, 2.45) is 5.73 Å². The molecule has 0 aliphatic rings. The fourth-order valence-electron chi connectivity index (χ4n) is 1.77. The Kier molecular flexibility index (Phi) is 4.18. The Bertz CT molecular complexity index is 701. The van der Waals surface area contributed by atoms with Gasteiger partial charge in [0.1, 0.15) is 12.4 Å². The smallest absolute Gasteiger partial charge is 0.338 e. The van der Waals surface area contributed by atoms with Gasteiger partial charge in [0.25, 0.3) is 0 Å². The van der Waals surface area contributed by atoms with Crippen LogP contribution in [0.15, 0.2) is 42.5 Å². The molecular formula is C15H13FN2O3. The number of halogens is 1. The normalized spacial score (nSPS) is 10.1. The third kappa shape index (κ3) is 3.36. The average Bonchev–Trinajstić information content (AvgIpc) is 2.47. The second-order valence-electron chi connectivity index (χ2n) is 4.33. The number of carbonyl (C=O) groups is 2. The van der Waals surface area contributed by atoms with E-state index >= 15 is 0 Å². The lowest BCUT2D eigenvalue weighted by atomic mass is 10.1. The molecule has 0 bridgehead atoms. The zero-order valence-corrected chi connectivity index (χ0v) is 11.0. The molecule has 0 unspecified atom stereocenters. The molecule has 0 aliphatic carbocycles. The van der Waals surface area contributed by atoms with Crippen LogP contribution in [-0.2, 0) is 11.3 Å². The number of hydrogen-bond donors (Lipinski definition) is 2. The Hall–Kier alpha value is -2.89. The highest BCUT2D eigenvalue weighted by Gasteiger charge is 2.12. The predicted octanol–water partition coefficient (Wildman–Crippen LogP) is 1.86. The van der Waals surface area contributed by atoms with Crippen molar-refractivity contribution in [3.63, 3.8) is 0 Å². The molecule has 0 atom stereocenters. The van der Waals surface area contributed by atoms with Crippen LogP contribution in [0.2, 0.25) is 0 Å². The summed E-state index contributed by atoms with van der Waals surface area (Å²) in [5.74, 6) is -2.02. The van der Waals surface area contributed by atoms with Crippen LogP contribution < -0.4 is 11.5 Å². The molecule has 0 radical (unpaired) electrons. The molecular weight excluding hydrogens is 275 g/mol. The van der Waals surface area contributed by atoms with Gasteiger partial charge in [-0.15, -0.1) is 0 Å². The van der Waals surface area contributed by atoms with E-state index in [4.69, 9.17) is 16.2 Å². The molecule has 0 saturated heterocycles. The van der Waals surface area contributed by atoms with Crippen LogP contribution in [0.1, 0.15) is 26.3 Å². The average molecular weight is 288 g/mol. The monoisotopic (exact) mass is 288 g/mol. The minimum Gasteiger partial charge on any atom is -0.457 e. The van der Waals surface area contributed by atoms with Crippen molar-refractivity contribution in [1.29, 1.82) is 0 Å². The number of benzene rings is 2. The van der Waals surface area contributed by atoms with Gasteiger partial charge >= 0.3 is 5.97 Å². The van der Waals surface area contributed by atoms with Crippen molar-refractivity contribution < 1.29 is 18.7 Å². The van der Waals surface area contributed by atoms with E-state index in [0.29, 0.717) is 5.56 Å². The number of rotatable bonds is 4. The zero-order valence-electron chi connectivity index (χ0n) is 11.0. The molecule has 0 heterocycles. The van der Waals surface area contributed by atoms with E-state index in [0.717, 1.165) is 6.07 Å². The molecule has 5 nitrogen and oxygen atoms in total. The van der Waals surface area contributed by atoms with Gasteiger partial charge in [-0.25, -0.2) is 9.18 Å². The van der Waals surface area contributed by atoms with Crippen LogP contribution in [0.5, 0.6) is 0 Å². The Labute approximate surface area is 120 Å². The quantitative estimate of drug-likeness (QED) is 0.663. The van der Waals surface area contributed by atoms with Gasteiger partial charge in [0, 0.05) is 11.1 Å². The highest BCUT2D eigenvalue weighted by Crippen LogP contribution is 2.15. The number of anilines is 1. The molecule has 2 aromatic rings. The highest BCUT2D eigenvalue weighted by atomic mass is 19.1. The van der Waals surface area contributed by atoms with Crippen LogP contribution in [0.3, 0.4) is 0 Å². The predicted molar refractivity (Wildman–Crippen MR) is 74.9 cm³/mol. The Balaban J connectivity index is 2.11. The molecule has 1 amide bonds. The summed E-state index contributed by atoms with van der Waals surface area (Å²) in [4.78, 5) is 23.1. The van der Waals surface area contributed by atoms with Crippen molar-refractivity contribution in [1.82, 2.24) is 0 Å². The first-order chi connectivity index (χ1) is 9.99. The molecule has 4 N–H and O–H groups in total. The lowest BCUT2D eigenvalue weighted by Crippen LogP contribution is -2.15. The van der Waals surface area contributed by atoms with Crippen molar-refractivity contribution in [2.75, 3.05) is 5.73 Å². The van der Waals surface area contributed by atoms with Crippen LogP contribution in [-0.4, -0.2) is 11.9 Å². The van der Waals surface area contributed by atoms with E-state index in [9.17, 15) is 14.0 Å². The fourth-order valence-corrected chi connectivity index (χ4v) is 1.77. The molecule has 108 valence electrons. The number of carbonyl (C=O) groups excluding carboxylic acids is 2. The highest BCUT2D eigenvalue weighted by molar-refractivity contribution is 5.94. The van der Waals surface area contributed by atoms with Gasteiger partial charge < -0.3 is 16.2 Å². The number of nitrogens with two attached hydrogens (primary N) is 2. The number of nitrogen functional groups attached to an aromatic ring is 1. The molecule has 6 heteroatoms. The van der Waals surface area contributed by atoms with Crippen LogP contribution in [0, 0.1) is 5.82 Å². The summed E-state index contributed by atoms with van der Waals surface area (Å²) >= 11 is 0. The molecule has 0 fully saturated rings. The minimum absolute atomic E-state index is 0.0401. The van der Waals surface area contributed by atoms with Gasteiger partial charge in [-0.2, -0.15) is 0 Å².